The first-order valence-corrected chi connectivity index (χ1v) is 9.28. The van der Waals surface area contributed by atoms with Gasteiger partial charge in [-0.2, -0.15) is 0 Å². The number of aromatic hydroxyl groups is 1. The normalized spacial score (nSPS) is 41.6. The van der Waals surface area contributed by atoms with Crippen LogP contribution < -0.4 is 4.74 Å². The molecule has 6 heteroatoms. The zero-order valence-corrected chi connectivity index (χ0v) is 14.9. The van der Waals surface area contributed by atoms with Crippen molar-refractivity contribution in [1.82, 2.24) is 4.90 Å². The monoisotopic (exact) mass is 356 g/mol. The van der Waals surface area contributed by atoms with Crippen molar-refractivity contribution in [3.8, 4) is 11.5 Å². The second kappa shape index (κ2) is 5.02. The lowest BCUT2D eigenvalue weighted by molar-refractivity contribution is -0.171. The Balaban J connectivity index is 1.80. The first-order valence-electron chi connectivity index (χ1n) is 9.28. The molecular formula is C20H24N2O4. The van der Waals surface area contributed by atoms with Gasteiger partial charge in [-0.3, -0.25) is 4.90 Å². The molecule has 1 spiro atoms. The van der Waals surface area contributed by atoms with E-state index in [4.69, 9.17) is 4.74 Å². The highest BCUT2D eigenvalue weighted by Crippen LogP contribution is 2.65. The van der Waals surface area contributed by atoms with Gasteiger partial charge in [0.15, 0.2) is 11.5 Å². The number of phenolic OH excluding ortho intramolecular Hbond substituents is 1. The molecule has 26 heavy (non-hydrogen) atoms. The number of oxime groups is 1. The summed E-state index contributed by atoms with van der Waals surface area (Å²) in [5, 5.41) is 35.6. The number of rotatable bonds is 2. The third-order valence-corrected chi connectivity index (χ3v) is 7.29. The Hall–Kier alpha value is -2.05. The maximum atomic E-state index is 12.1. The lowest BCUT2D eigenvalue weighted by Gasteiger charge is -2.63. The lowest BCUT2D eigenvalue weighted by Crippen LogP contribution is -2.77. The Bertz CT molecular complexity index is 837. The summed E-state index contributed by atoms with van der Waals surface area (Å²) >= 11 is 0. The molecule has 5 atom stereocenters. The van der Waals surface area contributed by atoms with Gasteiger partial charge >= 0.3 is 0 Å². The summed E-state index contributed by atoms with van der Waals surface area (Å²) in [7, 11) is 0. The minimum absolute atomic E-state index is 0.104. The number of piperidine rings is 1. The predicted octanol–water partition coefficient (Wildman–Crippen LogP) is 1.81. The van der Waals surface area contributed by atoms with E-state index in [0.717, 1.165) is 24.1 Å². The van der Waals surface area contributed by atoms with Gasteiger partial charge in [0.05, 0.1) is 16.7 Å². The van der Waals surface area contributed by atoms with E-state index in [9.17, 15) is 15.4 Å². The van der Waals surface area contributed by atoms with Crippen molar-refractivity contribution in [3.05, 3.63) is 35.9 Å². The third-order valence-electron chi connectivity index (χ3n) is 7.29. The van der Waals surface area contributed by atoms with Gasteiger partial charge in [-0.05, 0) is 31.0 Å². The van der Waals surface area contributed by atoms with Crippen LogP contribution in [0.2, 0.25) is 0 Å². The van der Waals surface area contributed by atoms with Crippen molar-refractivity contribution in [2.45, 2.75) is 49.3 Å². The van der Waals surface area contributed by atoms with Crippen molar-refractivity contribution in [2.75, 3.05) is 13.1 Å². The summed E-state index contributed by atoms with van der Waals surface area (Å²) < 4.78 is 6.27. The Labute approximate surface area is 152 Å². The second-order valence-electron chi connectivity index (χ2n) is 8.19. The topological polar surface area (TPSA) is 85.5 Å². The zero-order valence-electron chi connectivity index (χ0n) is 14.9. The average molecular weight is 356 g/mol. The summed E-state index contributed by atoms with van der Waals surface area (Å²) in [4.78, 5) is 2.27. The molecule has 1 aromatic rings. The number of nitrogens with zero attached hydrogens (tertiary/aromatic N) is 2. The van der Waals surface area contributed by atoms with Gasteiger partial charge in [-0.15, -0.1) is 6.58 Å². The van der Waals surface area contributed by atoms with Gasteiger partial charge < -0.3 is 20.2 Å². The van der Waals surface area contributed by atoms with Gasteiger partial charge in [0.25, 0.3) is 0 Å². The lowest BCUT2D eigenvalue weighted by atomic mass is 9.47. The van der Waals surface area contributed by atoms with Crippen LogP contribution in [0.3, 0.4) is 0 Å². The van der Waals surface area contributed by atoms with Crippen LogP contribution in [0.15, 0.2) is 29.9 Å². The number of likely N-dealkylation sites (tertiary alicyclic amines) is 1. The van der Waals surface area contributed by atoms with Crippen LogP contribution in [0.4, 0.5) is 0 Å². The van der Waals surface area contributed by atoms with E-state index in [-0.39, 0.29) is 23.8 Å². The number of benzene rings is 1. The molecule has 1 saturated carbocycles. The predicted molar refractivity (Wildman–Crippen MR) is 96.0 cm³/mol. The van der Waals surface area contributed by atoms with E-state index in [1.165, 1.54) is 0 Å². The summed E-state index contributed by atoms with van der Waals surface area (Å²) in [6, 6.07) is 3.55. The maximum Gasteiger partial charge on any atom is 0.165 e. The molecule has 138 valence electrons. The third kappa shape index (κ3) is 1.59. The summed E-state index contributed by atoms with van der Waals surface area (Å²) in [5.74, 6) is 0.494. The van der Waals surface area contributed by atoms with Gasteiger partial charge in [-0.1, -0.05) is 24.2 Å². The van der Waals surface area contributed by atoms with Crippen molar-refractivity contribution >= 4 is 5.71 Å². The number of phenols is 1. The first kappa shape index (κ1) is 16.1. The van der Waals surface area contributed by atoms with Crippen molar-refractivity contribution in [3.63, 3.8) is 0 Å². The highest BCUT2D eigenvalue weighted by molar-refractivity contribution is 5.90. The average Bonchev–Trinajstić information content (AvgIpc) is 2.97. The number of hydrogen-bond acceptors (Lipinski definition) is 6. The Morgan fingerprint density at radius 1 is 1.46 bits per heavy atom. The second-order valence-corrected chi connectivity index (χ2v) is 8.19. The molecule has 2 bridgehead atoms. The molecule has 2 aliphatic carbocycles. The Morgan fingerprint density at radius 2 is 2.27 bits per heavy atom. The Morgan fingerprint density at radius 3 is 3.00 bits per heavy atom. The fourth-order valence-electron chi connectivity index (χ4n) is 6.22. The summed E-state index contributed by atoms with van der Waals surface area (Å²) in [6.07, 6.45) is 3.26. The number of ether oxygens (including phenoxy) is 1. The quantitative estimate of drug-likeness (QED) is 0.427. The smallest absolute Gasteiger partial charge is 0.165 e. The minimum atomic E-state index is -1.10. The SMILES string of the molecule is C=CCN1CC[C@]23c4c5ccc(O)c4O[C@H]2C(C)C(=NO)C[C@@]3(O)[C@H]1C5. The largest absolute Gasteiger partial charge is 0.504 e. The number of hydrogen-bond donors (Lipinski definition) is 3. The van der Waals surface area contributed by atoms with Crippen LogP contribution in [0.1, 0.15) is 30.9 Å². The van der Waals surface area contributed by atoms with Crippen molar-refractivity contribution in [1.29, 1.82) is 0 Å². The first-order chi connectivity index (χ1) is 12.5. The molecule has 0 aromatic heterocycles. The Kier molecular flexibility index (Phi) is 3.12. The molecule has 2 fully saturated rings. The molecule has 1 aromatic carbocycles. The summed E-state index contributed by atoms with van der Waals surface area (Å²) in [5.41, 5.74) is 1.00. The highest BCUT2D eigenvalue weighted by Gasteiger charge is 2.73. The van der Waals surface area contributed by atoms with Crippen LogP contribution in [0.25, 0.3) is 0 Å². The van der Waals surface area contributed by atoms with Gasteiger partial charge in [0, 0.05) is 30.5 Å². The molecule has 3 N–H and O–H groups in total. The van der Waals surface area contributed by atoms with Crippen LogP contribution in [0.5, 0.6) is 11.5 Å². The van der Waals surface area contributed by atoms with E-state index in [2.05, 4.69) is 16.6 Å². The fourth-order valence-corrected chi connectivity index (χ4v) is 6.22. The highest BCUT2D eigenvalue weighted by atomic mass is 16.5. The van der Waals surface area contributed by atoms with Crippen molar-refractivity contribution in [2.24, 2.45) is 11.1 Å². The van der Waals surface area contributed by atoms with E-state index in [0.29, 0.717) is 30.8 Å². The fraction of sp³-hybridized carbons (Fsp3) is 0.550. The molecule has 1 saturated heterocycles. The molecule has 5 rings (SSSR count). The summed E-state index contributed by atoms with van der Waals surface area (Å²) in [6.45, 7) is 7.39. The molecule has 4 aliphatic rings. The molecule has 0 radical (unpaired) electrons. The molecule has 0 amide bonds. The molecule has 1 unspecified atom stereocenters. The van der Waals surface area contributed by atoms with E-state index >= 15 is 0 Å². The van der Waals surface area contributed by atoms with Crippen LogP contribution >= 0.6 is 0 Å². The van der Waals surface area contributed by atoms with Crippen LogP contribution in [-0.2, 0) is 11.8 Å². The number of aliphatic hydroxyl groups is 1. The van der Waals surface area contributed by atoms with Crippen LogP contribution in [0, 0.1) is 5.92 Å². The standard InChI is InChI=1S/C20H24N2O4/c1-3-7-22-8-6-19-16-12-4-5-14(23)17(16)26-18(19)11(2)13(21-25)10-20(19,24)15(22)9-12/h3-5,11,15,18,23-25H,1,6-10H2,2H3/t11?,15-,18+,19+,20-/m1/s1. The van der Waals surface area contributed by atoms with Gasteiger partial charge in [-0.25, -0.2) is 0 Å². The molecule has 2 heterocycles. The maximum absolute atomic E-state index is 12.1. The van der Waals surface area contributed by atoms with E-state index in [1.807, 2.05) is 19.1 Å². The van der Waals surface area contributed by atoms with Crippen LogP contribution in [-0.4, -0.2) is 56.9 Å². The zero-order chi connectivity index (χ0) is 18.3. The molecular weight excluding hydrogens is 332 g/mol. The van der Waals surface area contributed by atoms with E-state index < -0.39 is 11.0 Å². The van der Waals surface area contributed by atoms with Gasteiger partial charge in [0.2, 0.25) is 0 Å². The van der Waals surface area contributed by atoms with E-state index in [1.54, 1.807) is 6.07 Å². The molecule has 6 nitrogen and oxygen atoms in total. The van der Waals surface area contributed by atoms with Gasteiger partial charge in [0.1, 0.15) is 6.10 Å². The molecule has 2 aliphatic heterocycles. The minimum Gasteiger partial charge on any atom is -0.504 e. The van der Waals surface area contributed by atoms with Crippen molar-refractivity contribution < 1.29 is 20.2 Å².